The quantitative estimate of drug-likeness (QED) is 0.534. The number of aryl methyl sites for hydroxylation is 1. The van der Waals surface area contributed by atoms with Gasteiger partial charge < -0.3 is 14.8 Å². The molecule has 0 aromatic heterocycles. The van der Waals surface area contributed by atoms with Crippen LogP contribution in [0.25, 0.3) is 5.57 Å². The smallest absolute Gasteiger partial charge is 0.282 e. The number of ether oxygens (including phenoxy) is 2. The molecule has 4 rings (SSSR count). The Bertz CT molecular complexity index is 1220. The number of nitrogens with one attached hydrogen (secondary N) is 1. The largest absolute Gasteiger partial charge is 0.497 e. The number of carbonyl (C=O) groups is 2. The van der Waals surface area contributed by atoms with Crippen LogP contribution in [0.5, 0.6) is 11.5 Å². The van der Waals surface area contributed by atoms with Gasteiger partial charge in [-0.3, -0.25) is 9.59 Å². The SMILES string of the molecule is COc1ccc(C2=C(Nc3ccc(Cl)cc3C)C(=O)N(c3ccc(OC)cc3)C2=O)cc1. The van der Waals surface area contributed by atoms with Crippen molar-refractivity contribution >= 4 is 40.4 Å². The van der Waals surface area contributed by atoms with Gasteiger partial charge in [0.15, 0.2) is 0 Å². The van der Waals surface area contributed by atoms with Gasteiger partial charge in [-0.2, -0.15) is 0 Å². The summed E-state index contributed by atoms with van der Waals surface area (Å²) < 4.78 is 10.4. The second kappa shape index (κ2) is 8.77. The summed E-state index contributed by atoms with van der Waals surface area (Å²) >= 11 is 6.08. The van der Waals surface area contributed by atoms with Crippen molar-refractivity contribution in [3.8, 4) is 11.5 Å². The van der Waals surface area contributed by atoms with Crippen LogP contribution in [0.2, 0.25) is 5.02 Å². The number of anilines is 2. The molecule has 0 saturated heterocycles. The Kier molecular flexibility index (Phi) is 5.88. The lowest BCUT2D eigenvalue weighted by molar-refractivity contribution is -0.120. The van der Waals surface area contributed by atoms with Gasteiger partial charge in [-0.25, -0.2) is 4.90 Å². The highest BCUT2D eigenvalue weighted by atomic mass is 35.5. The second-order valence-corrected chi connectivity index (χ2v) is 7.64. The molecule has 0 spiro atoms. The van der Waals surface area contributed by atoms with Crippen molar-refractivity contribution in [3.63, 3.8) is 0 Å². The maximum absolute atomic E-state index is 13.5. The predicted molar refractivity (Wildman–Crippen MR) is 125 cm³/mol. The average Bonchev–Trinajstić information content (AvgIpc) is 3.05. The van der Waals surface area contributed by atoms with Gasteiger partial charge in [0, 0.05) is 10.7 Å². The van der Waals surface area contributed by atoms with Gasteiger partial charge in [0.05, 0.1) is 25.5 Å². The molecule has 1 aliphatic rings. The molecule has 1 N–H and O–H groups in total. The lowest BCUT2D eigenvalue weighted by Gasteiger charge is -2.16. The van der Waals surface area contributed by atoms with Crippen LogP contribution in [-0.2, 0) is 9.59 Å². The van der Waals surface area contributed by atoms with E-state index in [0.29, 0.717) is 33.5 Å². The Morgan fingerprint density at radius 3 is 1.97 bits per heavy atom. The van der Waals surface area contributed by atoms with Crippen molar-refractivity contribution in [3.05, 3.63) is 88.6 Å². The number of methoxy groups -OCH3 is 2. The first kappa shape index (κ1) is 21.5. The third-order valence-corrected chi connectivity index (χ3v) is 5.48. The zero-order valence-corrected chi connectivity index (χ0v) is 18.6. The minimum Gasteiger partial charge on any atom is -0.497 e. The Morgan fingerprint density at radius 2 is 1.41 bits per heavy atom. The number of halogens is 1. The molecule has 0 unspecified atom stereocenters. The Morgan fingerprint density at radius 1 is 0.812 bits per heavy atom. The summed E-state index contributed by atoms with van der Waals surface area (Å²) in [6.45, 7) is 1.88. The maximum atomic E-state index is 13.5. The topological polar surface area (TPSA) is 67.9 Å². The molecule has 1 aliphatic heterocycles. The molecule has 0 fully saturated rings. The van der Waals surface area contributed by atoms with Crippen LogP contribution >= 0.6 is 11.6 Å². The Labute approximate surface area is 191 Å². The zero-order chi connectivity index (χ0) is 22.8. The third-order valence-electron chi connectivity index (χ3n) is 5.24. The van der Waals surface area contributed by atoms with E-state index in [1.54, 1.807) is 80.9 Å². The van der Waals surface area contributed by atoms with Crippen LogP contribution in [0.4, 0.5) is 11.4 Å². The van der Waals surface area contributed by atoms with Crippen molar-refractivity contribution < 1.29 is 19.1 Å². The van der Waals surface area contributed by atoms with Gasteiger partial charge in [0.1, 0.15) is 17.2 Å². The van der Waals surface area contributed by atoms with Crippen LogP contribution < -0.4 is 19.7 Å². The molecule has 3 aromatic rings. The molecule has 0 aliphatic carbocycles. The summed E-state index contributed by atoms with van der Waals surface area (Å²) in [5.74, 6) is 0.423. The predicted octanol–water partition coefficient (Wildman–Crippen LogP) is 5.06. The number of hydrogen-bond donors (Lipinski definition) is 1. The molecule has 6 nitrogen and oxygen atoms in total. The molecule has 2 amide bonds. The van der Waals surface area contributed by atoms with Gasteiger partial charge >= 0.3 is 0 Å². The first-order chi connectivity index (χ1) is 15.4. The first-order valence-electron chi connectivity index (χ1n) is 9.87. The fourth-order valence-corrected chi connectivity index (χ4v) is 3.77. The number of amides is 2. The average molecular weight is 449 g/mol. The van der Waals surface area contributed by atoms with Crippen LogP contribution in [0, 0.1) is 6.92 Å². The highest BCUT2D eigenvalue weighted by Crippen LogP contribution is 2.35. The molecule has 0 radical (unpaired) electrons. The second-order valence-electron chi connectivity index (χ2n) is 7.21. The lowest BCUT2D eigenvalue weighted by atomic mass is 10.0. The lowest BCUT2D eigenvalue weighted by Crippen LogP contribution is -2.32. The van der Waals surface area contributed by atoms with E-state index < -0.39 is 11.8 Å². The van der Waals surface area contributed by atoms with Gasteiger partial charge in [-0.1, -0.05) is 23.7 Å². The minimum absolute atomic E-state index is 0.196. The molecular formula is C25H21ClN2O4. The first-order valence-corrected chi connectivity index (χ1v) is 10.3. The molecule has 1 heterocycles. The number of hydrogen-bond acceptors (Lipinski definition) is 5. The molecule has 0 atom stereocenters. The third kappa shape index (κ3) is 3.92. The number of rotatable bonds is 6. The van der Waals surface area contributed by atoms with Gasteiger partial charge in [-0.05, 0) is 72.6 Å². The fourth-order valence-electron chi connectivity index (χ4n) is 3.54. The van der Waals surface area contributed by atoms with Crippen molar-refractivity contribution in [2.24, 2.45) is 0 Å². The van der Waals surface area contributed by atoms with Crippen molar-refractivity contribution in [2.45, 2.75) is 6.92 Å². The maximum Gasteiger partial charge on any atom is 0.282 e. The normalized spacial score (nSPS) is 13.6. The van der Waals surface area contributed by atoms with E-state index in [0.717, 1.165) is 10.5 Å². The van der Waals surface area contributed by atoms with Crippen molar-refractivity contribution in [2.75, 3.05) is 24.4 Å². The van der Waals surface area contributed by atoms with E-state index in [9.17, 15) is 9.59 Å². The monoisotopic (exact) mass is 448 g/mol. The van der Waals surface area contributed by atoms with E-state index in [1.807, 2.05) is 6.92 Å². The summed E-state index contributed by atoms with van der Waals surface area (Å²) in [4.78, 5) is 28.1. The number of carbonyl (C=O) groups excluding carboxylic acids is 2. The summed E-state index contributed by atoms with van der Waals surface area (Å²) in [6, 6.07) is 19.1. The van der Waals surface area contributed by atoms with Gasteiger partial charge in [-0.15, -0.1) is 0 Å². The van der Waals surface area contributed by atoms with Crippen LogP contribution in [-0.4, -0.2) is 26.0 Å². The standard InChI is InChI=1S/C25H21ClN2O4/c1-15-14-17(26)6-13-21(15)27-23-22(16-4-9-19(31-2)10-5-16)24(29)28(25(23)30)18-7-11-20(32-3)12-8-18/h4-14,27H,1-3H3. The molecular weight excluding hydrogens is 428 g/mol. The molecule has 0 bridgehead atoms. The molecule has 3 aromatic carbocycles. The summed E-state index contributed by atoms with van der Waals surface area (Å²) in [5, 5.41) is 3.76. The van der Waals surface area contributed by atoms with Crippen molar-refractivity contribution in [1.29, 1.82) is 0 Å². The number of benzene rings is 3. The van der Waals surface area contributed by atoms with E-state index in [1.165, 1.54) is 0 Å². The molecule has 7 heteroatoms. The van der Waals surface area contributed by atoms with Gasteiger partial charge in [0.2, 0.25) is 0 Å². The summed E-state index contributed by atoms with van der Waals surface area (Å²) in [7, 11) is 3.13. The van der Waals surface area contributed by atoms with E-state index >= 15 is 0 Å². The van der Waals surface area contributed by atoms with E-state index in [-0.39, 0.29) is 11.3 Å². The molecule has 32 heavy (non-hydrogen) atoms. The van der Waals surface area contributed by atoms with Crippen molar-refractivity contribution in [1.82, 2.24) is 0 Å². The fraction of sp³-hybridized carbons (Fsp3) is 0.120. The Hall–Kier alpha value is -3.77. The highest BCUT2D eigenvalue weighted by Gasteiger charge is 2.40. The van der Waals surface area contributed by atoms with Gasteiger partial charge in [0.25, 0.3) is 11.8 Å². The van der Waals surface area contributed by atoms with E-state index in [2.05, 4.69) is 5.32 Å². The summed E-state index contributed by atoms with van der Waals surface area (Å²) in [5.41, 5.74) is 3.07. The van der Waals surface area contributed by atoms with Crippen LogP contribution in [0.1, 0.15) is 11.1 Å². The van der Waals surface area contributed by atoms with Crippen LogP contribution in [0.3, 0.4) is 0 Å². The number of imide groups is 1. The van der Waals surface area contributed by atoms with E-state index in [4.69, 9.17) is 21.1 Å². The molecule has 162 valence electrons. The highest BCUT2D eigenvalue weighted by molar-refractivity contribution is 6.46. The summed E-state index contributed by atoms with van der Waals surface area (Å²) in [6.07, 6.45) is 0. The zero-order valence-electron chi connectivity index (χ0n) is 17.8. The molecule has 0 saturated carbocycles. The minimum atomic E-state index is -0.444. The number of nitrogens with zero attached hydrogens (tertiary/aromatic N) is 1. The Balaban J connectivity index is 1.80. The van der Waals surface area contributed by atoms with Crippen LogP contribution in [0.15, 0.2) is 72.4 Å².